The van der Waals surface area contributed by atoms with Gasteiger partial charge < -0.3 is 5.32 Å². The van der Waals surface area contributed by atoms with Crippen molar-refractivity contribution in [2.45, 2.75) is 9.26 Å². The van der Waals surface area contributed by atoms with Crippen molar-refractivity contribution in [2.24, 2.45) is 0 Å². The Morgan fingerprint density at radius 3 is 2.75 bits per heavy atom. The van der Waals surface area contributed by atoms with Gasteiger partial charge in [-0.3, -0.25) is 9.78 Å². The van der Waals surface area contributed by atoms with Crippen molar-refractivity contribution < 1.29 is 13.6 Å². The number of nitrogens with one attached hydrogen (secondary N) is 1. The van der Waals surface area contributed by atoms with E-state index in [1.54, 1.807) is 0 Å². The van der Waals surface area contributed by atoms with Crippen LogP contribution in [-0.2, 0) is 9.26 Å². The van der Waals surface area contributed by atoms with Crippen molar-refractivity contribution in [1.82, 2.24) is 10.3 Å². The van der Waals surface area contributed by atoms with E-state index in [1.807, 2.05) is 0 Å². The summed E-state index contributed by atoms with van der Waals surface area (Å²) < 4.78 is 23.1. The van der Waals surface area contributed by atoms with Crippen LogP contribution in [0.3, 0.4) is 0 Å². The molecule has 88 valence electrons. The average Bonchev–Trinajstić information content (AvgIpc) is 2.25. The third-order valence-electron chi connectivity index (χ3n) is 1.90. The second-order valence-corrected chi connectivity index (χ2v) is 4.84. The minimum atomic E-state index is -3.03. The number of amides is 1. The lowest BCUT2D eigenvalue weighted by Gasteiger charge is -2.11. The number of rotatable bonds is 3. The Morgan fingerprint density at radius 2 is 2.31 bits per heavy atom. The van der Waals surface area contributed by atoms with Crippen molar-refractivity contribution in [1.29, 1.82) is 0 Å². The van der Waals surface area contributed by atoms with Crippen LogP contribution in [0.15, 0.2) is 12.3 Å². The molecule has 0 aliphatic rings. The van der Waals surface area contributed by atoms with Crippen molar-refractivity contribution in [2.75, 3.05) is 7.05 Å². The topological polar surface area (TPSA) is 42.0 Å². The van der Waals surface area contributed by atoms with Crippen molar-refractivity contribution in [3.05, 3.63) is 29.1 Å². The van der Waals surface area contributed by atoms with Gasteiger partial charge in [-0.05, 0) is 6.07 Å². The zero-order chi connectivity index (χ0) is 12.3. The summed E-state index contributed by atoms with van der Waals surface area (Å²) in [6.07, 6.45) is 1.08. The molecule has 1 rings (SSSR count). The molecular weight excluding hydrogens is 397 g/mol. The minimum Gasteiger partial charge on any atom is -0.355 e. The summed E-state index contributed by atoms with van der Waals surface area (Å²) in [6, 6.07) is 1.16. The van der Waals surface area contributed by atoms with E-state index in [-0.39, 0.29) is 11.1 Å². The van der Waals surface area contributed by atoms with Crippen LogP contribution in [0.4, 0.5) is 8.78 Å². The lowest BCUT2D eigenvalue weighted by atomic mass is 10.1. The molecule has 1 aromatic heterocycles. The van der Waals surface area contributed by atoms with Crippen LogP contribution in [0.25, 0.3) is 0 Å². The molecule has 0 atom stereocenters. The first-order chi connectivity index (χ1) is 7.40. The highest BCUT2D eigenvalue weighted by Gasteiger charge is 2.29. The van der Waals surface area contributed by atoms with Crippen molar-refractivity contribution in [3.8, 4) is 0 Å². The van der Waals surface area contributed by atoms with Gasteiger partial charge in [-0.15, -0.1) is 0 Å². The molecule has 0 aliphatic carbocycles. The zero-order valence-corrected chi connectivity index (χ0v) is 12.0. The van der Waals surface area contributed by atoms with Crippen LogP contribution in [0.5, 0.6) is 0 Å². The van der Waals surface area contributed by atoms with Gasteiger partial charge in [0.25, 0.3) is 5.91 Å². The van der Waals surface area contributed by atoms with Gasteiger partial charge in [0.2, 0.25) is 0 Å². The van der Waals surface area contributed by atoms with Gasteiger partial charge in [0, 0.05) is 41.2 Å². The van der Waals surface area contributed by atoms with E-state index in [0.717, 1.165) is 34.9 Å². The average molecular weight is 405 g/mol. The largest absolute Gasteiger partial charge is 0.355 e. The van der Waals surface area contributed by atoms with Crippen molar-refractivity contribution >= 4 is 44.4 Å². The first kappa shape index (κ1) is 13.8. The summed E-state index contributed by atoms with van der Waals surface area (Å²) >= 11 is 4.15. The highest BCUT2D eigenvalue weighted by molar-refractivity contribution is 14.1. The maximum atomic E-state index is 13.0. The molecule has 0 aliphatic heterocycles. The van der Waals surface area contributed by atoms with Gasteiger partial charge in [-0.1, -0.05) is 15.9 Å². The molecule has 3 nitrogen and oxygen atoms in total. The normalized spacial score (nSPS) is 11.3. The molecule has 0 saturated heterocycles. The summed E-state index contributed by atoms with van der Waals surface area (Å²) in [7, 11) is 1.44. The first-order valence-corrected chi connectivity index (χ1v) is 6.44. The number of carbonyl (C=O) groups is 1. The molecule has 0 bridgehead atoms. The fourth-order valence-electron chi connectivity index (χ4n) is 1.09. The molecule has 0 unspecified atom stereocenters. The molecule has 1 N–H and O–H groups in total. The Morgan fingerprint density at radius 1 is 1.69 bits per heavy atom. The minimum absolute atomic E-state index is 0.160. The molecule has 0 saturated carbocycles. The van der Waals surface area contributed by atoms with E-state index in [1.165, 1.54) is 7.05 Å². The van der Waals surface area contributed by atoms with Crippen LogP contribution in [0, 0.1) is 0 Å². The highest BCUT2D eigenvalue weighted by Crippen LogP contribution is 2.35. The number of nitrogens with zero attached hydrogens (tertiary/aromatic N) is 1. The van der Waals surface area contributed by atoms with E-state index < -0.39 is 9.84 Å². The molecule has 0 aromatic carbocycles. The molecule has 1 heterocycles. The Kier molecular flexibility index (Phi) is 4.60. The Balaban J connectivity index is 3.27. The molecule has 0 fully saturated rings. The fraction of sp³-hybridized carbons (Fsp3) is 0.333. The standard InChI is InChI=1S/C9H8BrF2IN2O/c1-14-8(16)6-2-5(9(11,12)13)4-15-7(6)3-10/h2,4H,3H2,1H3,(H,14,16). The van der Waals surface area contributed by atoms with Gasteiger partial charge in [0.1, 0.15) is 0 Å². The molecule has 7 heteroatoms. The lowest BCUT2D eigenvalue weighted by molar-refractivity contribution is 0.0961. The predicted octanol–water partition coefficient (Wildman–Crippen LogP) is 2.82. The second-order valence-electron chi connectivity index (χ2n) is 2.93. The van der Waals surface area contributed by atoms with Crippen LogP contribution in [0.2, 0.25) is 0 Å². The summed E-state index contributed by atoms with van der Waals surface area (Å²) in [5, 5.41) is 2.72. The van der Waals surface area contributed by atoms with Crippen LogP contribution >= 0.6 is 38.5 Å². The first-order valence-electron chi connectivity index (χ1n) is 4.24. The SMILES string of the molecule is CNC(=O)c1cc(C(F)(F)I)cnc1CBr. The van der Waals surface area contributed by atoms with E-state index in [4.69, 9.17) is 0 Å². The summed E-state index contributed by atoms with van der Waals surface area (Å²) in [5.41, 5.74) is 0.313. The number of hydrogen-bond acceptors (Lipinski definition) is 2. The third-order valence-corrected chi connectivity index (χ3v) is 3.05. The lowest BCUT2D eigenvalue weighted by Crippen LogP contribution is -2.21. The van der Waals surface area contributed by atoms with E-state index in [0.29, 0.717) is 11.0 Å². The molecule has 16 heavy (non-hydrogen) atoms. The quantitative estimate of drug-likeness (QED) is 0.621. The van der Waals surface area contributed by atoms with Gasteiger partial charge in [0.05, 0.1) is 16.8 Å². The number of alkyl halides is 4. The number of aromatic nitrogens is 1. The number of hydrogen-bond donors (Lipinski definition) is 1. The highest BCUT2D eigenvalue weighted by atomic mass is 127. The molecule has 0 radical (unpaired) electrons. The maximum absolute atomic E-state index is 13.0. The maximum Gasteiger partial charge on any atom is 0.323 e. The zero-order valence-electron chi connectivity index (χ0n) is 8.23. The third kappa shape index (κ3) is 3.09. The molecule has 1 amide bonds. The number of pyridine rings is 1. The summed E-state index contributed by atoms with van der Waals surface area (Å²) in [4.78, 5) is 15.3. The summed E-state index contributed by atoms with van der Waals surface area (Å²) in [6.45, 7) is 0. The van der Waals surface area contributed by atoms with Crippen molar-refractivity contribution in [3.63, 3.8) is 0 Å². The van der Waals surface area contributed by atoms with E-state index in [9.17, 15) is 13.6 Å². The van der Waals surface area contributed by atoms with E-state index >= 15 is 0 Å². The Labute approximate surface area is 113 Å². The predicted molar refractivity (Wildman–Crippen MR) is 68.2 cm³/mol. The van der Waals surface area contributed by atoms with Crippen LogP contribution < -0.4 is 5.32 Å². The van der Waals surface area contributed by atoms with Gasteiger partial charge in [-0.25, -0.2) is 0 Å². The monoisotopic (exact) mass is 404 g/mol. The number of carbonyl (C=O) groups excluding carboxylic acids is 1. The smallest absolute Gasteiger partial charge is 0.323 e. The molecule has 0 spiro atoms. The Bertz CT molecular complexity index is 409. The van der Waals surface area contributed by atoms with Crippen LogP contribution in [-0.4, -0.2) is 17.9 Å². The summed E-state index contributed by atoms with van der Waals surface area (Å²) in [5.74, 6) is -0.426. The van der Waals surface area contributed by atoms with Gasteiger partial charge in [-0.2, -0.15) is 8.78 Å². The Hall–Kier alpha value is -0.310. The van der Waals surface area contributed by atoms with Gasteiger partial charge >= 0.3 is 3.93 Å². The second kappa shape index (κ2) is 5.35. The van der Waals surface area contributed by atoms with E-state index in [2.05, 4.69) is 26.2 Å². The molecular formula is C9H8BrF2IN2O. The molecule has 1 aromatic rings. The number of halogens is 4. The van der Waals surface area contributed by atoms with Gasteiger partial charge in [0.15, 0.2) is 0 Å². The fourth-order valence-corrected chi connectivity index (χ4v) is 1.83. The van der Waals surface area contributed by atoms with Crippen LogP contribution in [0.1, 0.15) is 21.6 Å².